The molecule has 0 aliphatic heterocycles. The van der Waals surface area contributed by atoms with Gasteiger partial charge in [0.25, 0.3) is 0 Å². The van der Waals surface area contributed by atoms with Gasteiger partial charge in [0.1, 0.15) is 4.32 Å². The third-order valence-corrected chi connectivity index (χ3v) is 1.97. The standard InChI is InChI=1S/C7H15NOS2/c1-3-8(7(10)11)5-4-6-9-2/h3-6H2,1-2H3,(H,10,11). The minimum absolute atomic E-state index is 0.670. The van der Waals surface area contributed by atoms with Crippen molar-refractivity contribution in [1.29, 1.82) is 0 Å². The molecule has 0 unspecified atom stereocenters. The number of hydrogen-bond acceptors (Lipinski definition) is 2. The number of ether oxygens (including phenoxy) is 1. The van der Waals surface area contributed by atoms with E-state index in [2.05, 4.69) is 19.6 Å². The van der Waals surface area contributed by atoms with Gasteiger partial charge in [0.2, 0.25) is 0 Å². The van der Waals surface area contributed by atoms with Crippen molar-refractivity contribution in [3.8, 4) is 0 Å². The number of thiocarbonyl (C=S) groups is 1. The van der Waals surface area contributed by atoms with Gasteiger partial charge in [-0.2, -0.15) is 0 Å². The summed E-state index contributed by atoms with van der Waals surface area (Å²) < 4.78 is 5.59. The lowest BCUT2D eigenvalue weighted by molar-refractivity contribution is 0.187. The summed E-state index contributed by atoms with van der Waals surface area (Å²) in [4.78, 5) is 2.04. The molecule has 11 heavy (non-hydrogen) atoms. The summed E-state index contributed by atoms with van der Waals surface area (Å²) in [6, 6.07) is 0. The molecule has 0 aliphatic carbocycles. The molecule has 0 atom stereocenters. The van der Waals surface area contributed by atoms with Crippen molar-refractivity contribution in [2.45, 2.75) is 13.3 Å². The van der Waals surface area contributed by atoms with Gasteiger partial charge in [-0.05, 0) is 13.3 Å². The van der Waals surface area contributed by atoms with Gasteiger partial charge >= 0.3 is 0 Å². The van der Waals surface area contributed by atoms with E-state index in [0.29, 0.717) is 4.32 Å². The average molecular weight is 193 g/mol. The van der Waals surface area contributed by atoms with Crippen LogP contribution >= 0.6 is 24.8 Å². The van der Waals surface area contributed by atoms with Crippen molar-refractivity contribution in [2.75, 3.05) is 26.8 Å². The molecule has 66 valence electrons. The summed E-state index contributed by atoms with van der Waals surface area (Å²) in [5.41, 5.74) is 0. The maximum atomic E-state index is 4.92. The maximum absolute atomic E-state index is 4.92. The highest BCUT2D eigenvalue weighted by Gasteiger charge is 2.01. The summed E-state index contributed by atoms with van der Waals surface area (Å²) in [7, 11) is 1.70. The Morgan fingerprint density at radius 1 is 1.64 bits per heavy atom. The first kappa shape index (κ1) is 11.2. The molecule has 4 heteroatoms. The van der Waals surface area contributed by atoms with Crippen LogP contribution in [0.25, 0.3) is 0 Å². The second-order valence-electron chi connectivity index (χ2n) is 2.21. The SMILES string of the molecule is CCN(CCCOC)C(=S)S. The van der Waals surface area contributed by atoms with Crippen molar-refractivity contribution >= 4 is 29.2 Å². The monoisotopic (exact) mass is 193 g/mol. The van der Waals surface area contributed by atoms with Crippen LogP contribution < -0.4 is 0 Å². The van der Waals surface area contributed by atoms with Crippen LogP contribution in [0, 0.1) is 0 Å². The zero-order valence-corrected chi connectivity index (χ0v) is 8.75. The fourth-order valence-corrected chi connectivity index (χ4v) is 1.25. The third-order valence-electron chi connectivity index (χ3n) is 1.43. The zero-order chi connectivity index (χ0) is 8.69. The number of hydrogen-bond donors (Lipinski definition) is 1. The molecular weight excluding hydrogens is 178 g/mol. The van der Waals surface area contributed by atoms with E-state index in [4.69, 9.17) is 17.0 Å². The van der Waals surface area contributed by atoms with E-state index < -0.39 is 0 Å². The molecule has 0 N–H and O–H groups in total. The Balaban J connectivity index is 3.44. The van der Waals surface area contributed by atoms with E-state index in [9.17, 15) is 0 Å². The Morgan fingerprint density at radius 3 is 2.64 bits per heavy atom. The minimum Gasteiger partial charge on any atom is -0.385 e. The molecule has 0 radical (unpaired) electrons. The molecule has 0 bridgehead atoms. The summed E-state index contributed by atoms with van der Waals surface area (Å²) in [6.07, 6.45) is 1.00. The lowest BCUT2D eigenvalue weighted by Crippen LogP contribution is -2.27. The normalized spacial score (nSPS) is 9.73. The van der Waals surface area contributed by atoms with Gasteiger partial charge in [0, 0.05) is 26.8 Å². The van der Waals surface area contributed by atoms with E-state index in [1.165, 1.54) is 0 Å². The van der Waals surface area contributed by atoms with Gasteiger partial charge in [-0.15, -0.1) is 12.6 Å². The van der Waals surface area contributed by atoms with Crippen molar-refractivity contribution in [3.05, 3.63) is 0 Å². The molecule has 0 saturated carbocycles. The molecule has 0 amide bonds. The van der Waals surface area contributed by atoms with Gasteiger partial charge in [0.15, 0.2) is 0 Å². The van der Waals surface area contributed by atoms with E-state index in [0.717, 1.165) is 26.1 Å². The van der Waals surface area contributed by atoms with E-state index in [1.54, 1.807) is 7.11 Å². The number of rotatable bonds is 5. The van der Waals surface area contributed by atoms with Crippen molar-refractivity contribution in [2.24, 2.45) is 0 Å². The quantitative estimate of drug-likeness (QED) is 0.404. The second-order valence-corrected chi connectivity index (χ2v) is 3.32. The Morgan fingerprint density at radius 2 is 2.27 bits per heavy atom. The van der Waals surface area contributed by atoms with Crippen LogP contribution in [0.4, 0.5) is 0 Å². The average Bonchev–Trinajstić information content (AvgIpc) is 1.97. The predicted molar refractivity (Wildman–Crippen MR) is 55.3 cm³/mol. The second kappa shape index (κ2) is 6.88. The topological polar surface area (TPSA) is 12.5 Å². The Labute approximate surface area is 79.3 Å². The van der Waals surface area contributed by atoms with Crippen LogP contribution in [0.5, 0.6) is 0 Å². The van der Waals surface area contributed by atoms with Gasteiger partial charge in [-0.25, -0.2) is 0 Å². The van der Waals surface area contributed by atoms with Gasteiger partial charge in [0.05, 0.1) is 0 Å². The Bertz CT molecular complexity index is 119. The third kappa shape index (κ3) is 5.47. The van der Waals surface area contributed by atoms with Crippen LogP contribution in [0.1, 0.15) is 13.3 Å². The minimum atomic E-state index is 0.670. The van der Waals surface area contributed by atoms with Crippen LogP contribution in [0.15, 0.2) is 0 Å². The van der Waals surface area contributed by atoms with Gasteiger partial charge < -0.3 is 9.64 Å². The van der Waals surface area contributed by atoms with E-state index in [-0.39, 0.29) is 0 Å². The number of thiol groups is 1. The van der Waals surface area contributed by atoms with Crippen LogP contribution in [-0.4, -0.2) is 36.0 Å². The van der Waals surface area contributed by atoms with E-state index in [1.807, 2.05) is 4.90 Å². The van der Waals surface area contributed by atoms with Gasteiger partial charge in [-0.1, -0.05) is 12.2 Å². The molecule has 0 aliphatic rings. The molecule has 0 spiro atoms. The highest BCUT2D eigenvalue weighted by molar-refractivity contribution is 8.10. The molecule has 0 heterocycles. The predicted octanol–water partition coefficient (Wildman–Crippen LogP) is 1.56. The molecule has 0 saturated heterocycles. The molecule has 2 nitrogen and oxygen atoms in total. The summed E-state index contributed by atoms with van der Waals surface area (Å²) in [5, 5.41) is 0. The van der Waals surface area contributed by atoms with E-state index >= 15 is 0 Å². The van der Waals surface area contributed by atoms with Crippen molar-refractivity contribution < 1.29 is 4.74 Å². The smallest absolute Gasteiger partial charge is 0.133 e. The van der Waals surface area contributed by atoms with Crippen LogP contribution in [-0.2, 0) is 4.74 Å². The number of methoxy groups -OCH3 is 1. The summed E-state index contributed by atoms with van der Waals surface area (Å²) >= 11 is 9.01. The first-order chi connectivity index (χ1) is 5.22. The van der Waals surface area contributed by atoms with Crippen LogP contribution in [0.3, 0.4) is 0 Å². The maximum Gasteiger partial charge on any atom is 0.133 e. The molecule has 0 aromatic heterocycles. The first-order valence-electron chi connectivity index (χ1n) is 3.69. The van der Waals surface area contributed by atoms with Crippen LogP contribution in [0.2, 0.25) is 0 Å². The lowest BCUT2D eigenvalue weighted by atomic mass is 10.4. The largest absolute Gasteiger partial charge is 0.385 e. The first-order valence-corrected chi connectivity index (χ1v) is 4.54. The summed E-state index contributed by atoms with van der Waals surface area (Å²) in [6.45, 7) is 4.71. The number of nitrogens with zero attached hydrogens (tertiary/aromatic N) is 1. The molecule has 0 rings (SSSR count). The molecule has 0 aromatic rings. The molecule has 0 fully saturated rings. The van der Waals surface area contributed by atoms with Crippen molar-refractivity contribution in [3.63, 3.8) is 0 Å². The Hall–Kier alpha value is 0.200. The Kier molecular flexibility index (Phi) is 7.01. The summed E-state index contributed by atoms with van der Waals surface area (Å²) in [5.74, 6) is 0. The fourth-order valence-electron chi connectivity index (χ4n) is 0.789. The van der Waals surface area contributed by atoms with Gasteiger partial charge in [-0.3, -0.25) is 0 Å². The fraction of sp³-hybridized carbons (Fsp3) is 0.857. The highest BCUT2D eigenvalue weighted by atomic mass is 32.1. The zero-order valence-electron chi connectivity index (χ0n) is 7.04. The lowest BCUT2D eigenvalue weighted by Gasteiger charge is -2.19. The highest BCUT2D eigenvalue weighted by Crippen LogP contribution is 1.97. The molecule has 0 aromatic carbocycles. The van der Waals surface area contributed by atoms with Crippen molar-refractivity contribution in [1.82, 2.24) is 4.90 Å². The molecular formula is C7H15NOS2.